The van der Waals surface area contributed by atoms with E-state index in [9.17, 15) is 0 Å². The Morgan fingerprint density at radius 2 is 1.33 bits per heavy atom. The van der Waals surface area contributed by atoms with Crippen LogP contribution in [0, 0.1) is 0 Å². The highest BCUT2D eigenvalue weighted by atomic mass is 35.6. The van der Waals surface area contributed by atoms with Crippen LogP contribution in [0.15, 0.2) is 0 Å². The predicted octanol–water partition coefficient (Wildman–Crippen LogP) is 3.13. The molecule has 1 nitrogen and oxygen atoms in total. The Morgan fingerprint density at radius 3 is 1.33 bits per heavy atom. The molecule has 0 saturated carbocycles. The van der Waals surface area contributed by atoms with Crippen molar-refractivity contribution >= 4 is 34.8 Å². The van der Waals surface area contributed by atoms with Crippen molar-refractivity contribution in [3.05, 3.63) is 0 Å². The molecule has 0 aliphatic carbocycles. The van der Waals surface area contributed by atoms with Gasteiger partial charge in [-0.2, -0.15) is 0 Å². The summed E-state index contributed by atoms with van der Waals surface area (Å²) in [5, 5.41) is 0. The van der Waals surface area contributed by atoms with E-state index in [0.717, 1.165) is 0 Å². The third-order valence-corrected chi connectivity index (χ3v) is 0.653. The van der Waals surface area contributed by atoms with Crippen LogP contribution >= 0.6 is 34.8 Å². The maximum Gasteiger partial charge on any atom is 0.297 e. The van der Waals surface area contributed by atoms with Crippen molar-refractivity contribution in [3.8, 4) is 0 Å². The number of rotatable bonds is 0. The molecule has 0 rings (SSSR count). The summed E-state index contributed by atoms with van der Waals surface area (Å²) in [7, 11) is 0. The van der Waals surface area contributed by atoms with E-state index < -0.39 is 9.58 Å². The second kappa shape index (κ2) is 2.83. The molecule has 0 aromatic carbocycles. The molecule has 0 aliphatic rings. The highest BCUT2D eigenvalue weighted by molar-refractivity contribution is 6.66. The first-order chi connectivity index (χ1) is 3.71. The van der Waals surface area contributed by atoms with Crippen LogP contribution in [-0.2, 0) is 4.74 Å². The fourth-order valence-electron chi connectivity index (χ4n) is 0.347. The van der Waals surface area contributed by atoms with Gasteiger partial charge in [0, 0.05) is 0 Å². The van der Waals surface area contributed by atoms with Crippen LogP contribution < -0.4 is 0 Å². The lowest BCUT2D eigenvalue weighted by atomic mass is 10.2. The summed E-state index contributed by atoms with van der Waals surface area (Å²) in [5.41, 5.74) is -0.411. The molecule has 0 unspecified atom stereocenters. The van der Waals surface area contributed by atoms with Crippen molar-refractivity contribution in [1.82, 2.24) is 0 Å². The molecular formula is C5H9Cl3O. The molecule has 0 N–H and O–H groups in total. The Hall–Kier alpha value is 0.830. The Morgan fingerprint density at radius 1 is 1.00 bits per heavy atom. The summed E-state index contributed by atoms with van der Waals surface area (Å²) in [6.07, 6.45) is 0. The molecule has 0 fully saturated rings. The zero-order valence-electron chi connectivity index (χ0n) is 5.54. The van der Waals surface area contributed by atoms with Gasteiger partial charge in [-0.15, -0.1) is 0 Å². The summed E-state index contributed by atoms with van der Waals surface area (Å²) in [5.74, 6) is 0. The van der Waals surface area contributed by atoms with Gasteiger partial charge in [0.15, 0.2) is 0 Å². The van der Waals surface area contributed by atoms with E-state index in [2.05, 4.69) is 0 Å². The van der Waals surface area contributed by atoms with E-state index in [1.54, 1.807) is 0 Å². The SMILES string of the molecule is CC(C)(C)OC(Cl)(Cl)Cl. The van der Waals surface area contributed by atoms with Gasteiger partial charge in [0.05, 0.1) is 5.60 Å². The lowest BCUT2D eigenvalue weighted by Gasteiger charge is -2.24. The van der Waals surface area contributed by atoms with E-state index in [0.29, 0.717) is 0 Å². The Labute approximate surface area is 70.2 Å². The van der Waals surface area contributed by atoms with Crippen molar-refractivity contribution in [1.29, 1.82) is 0 Å². The molecule has 0 atom stereocenters. The first kappa shape index (κ1) is 9.83. The molecule has 4 heteroatoms. The summed E-state index contributed by atoms with van der Waals surface area (Å²) in [4.78, 5) is 0. The van der Waals surface area contributed by atoms with E-state index in [4.69, 9.17) is 39.5 Å². The van der Waals surface area contributed by atoms with Crippen LogP contribution in [-0.4, -0.2) is 9.58 Å². The van der Waals surface area contributed by atoms with Gasteiger partial charge in [-0.25, -0.2) is 0 Å². The quantitative estimate of drug-likeness (QED) is 0.535. The maximum atomic E-state index is 5.33. The number of hydrogen-bond donors (Lipinski definition) is 0. The second-order valence-electron chi connectivity index (χ2n) is 2.66. The number of hydrogen-bond acceptors (Lipinski definition) is 1. The molecule has 0 spiro atoms. The van der Waals surface area contributed by atoms with Crippen molar-refractivity contribution in [3.63, 3.8) is 0 Å². The zero-order chi connectivity index (χ0) is 7.71. The molecule has 0 heterocycles. The van der Waals surface area contributed by atoms with Crippen molar-refractivity contribution in [2.75, 3.05) is 0 Å². The monoisotopic (exact) mass is 190 g/mol. The summed E-state index contributed by atoms with van der Waals surface area (Å²) < 4.78 is 3.32. The van der Waals surface area contributed by atoms with E-state index >= 15 is 0 Å². The molecule has 0 saturated heterocycles. The lowest BCUT2D eigenvalue weighted by molar-refractivity contribution is -0.00865. The molecule has 0 aliphatic heterocycles. The summed E-state index contributed by atoms with van der Waals surface area (Å²) in [6, 6.07) is 0. The van der Waals surface area contributed by atoms with Crippen LogP contribution in [0.3, 0.4) is 0 Å². The highest BCUT2D eigenvalue weighted by Gasteiger charge is 2.27. The largest absolute Gasteiger partial charge is 0.329 e. The van der Waals surface area contributed by atoms with Gasteiger partial charge in [0.2, 0.25) is 0 Å². The average molecular weight is 191 g/mol. The van der Waals surface area contributed by atoms with E-state index in [1.807, 2.05) is 20.8 Å². The van der Waals surface area contributed by atoms with E-state index in [1.165, 1.54) is 0 Å². The minimum absolute atomic E-state index is 0.411. The number of ether oxygens (including phenoxy) is 1. The average Bonchev–Trinajstić information content (AvgIpc) is 1.14. The Balaban J connectivity index is 3.75. The first-order valence-corrected chi connectivity index (χ1v) is 3.61. The number of halogens is 3. The highest BCUT2D eigenvalue weighted by Crippen LogP contribution is 2.32. The second-order valence-corrected chi connectivity index (χ2v) is 4.84. The molecule has 0 amide bonds. The molecule has 0 aromatic rings. The van der Waals surface area contributed by atoms with Gasteiger partial charge < -0.3 is 4.74 Å². The molecule has 0 bridgehead atoms. The van der Waals surface area contributed by atoms with Crippen LogP contribution in [0.1, 0.15) is 20.8 Å². The number of alkyl halides is 3. The van der Waals surface area contributed by atoms with Crippen LogP contribution in [0.25, 0.3) is 0 Å². The van der Waals surface area contributed by atoms with Crippen LogP contribution in [0.5, 0.6) is 0 Å². The zero-order valence-corrected chi connectivity index (χ0v) is 7.81. The summed E-state index contributed by atoms with van der Waals surface area (Å²) >= 11 is 16.0. The molecule has 56 valence electrons. The first-order valence-electron chi connectivity index (χ1n) is 2.48. The van der Waals surface area contributed by atoms with Gasteiger partial charge in [-0.1, -0.05) is 34.8 Å². The van der Waals surface area contributed by atoms with Gasteiger partial charge >= 0.3 is 0 Å². The summed E-state index contributed by atoms with van der Waals surface area (Å²) in [6.45, 7) is 5.44. The molecular weight excluding hydrogens is 182 g/mol. The topological polar surface area (TPSA) is 9.23 Å². The Kier molecular flexibility index (Phi) is 3.09. The molecule has 9 heavy (non-hydrogen) atoms. The van der Waals surface area contributed by atoms with Gasteiger partial charge in [0.25, 0.3) is 3.98 Å². The fraction of sp³-hybridized carbons (Fsp3) is 1.00. The molecule has 0 aromatic heterocycles. The maximum absolute atomic E-state index is 5.33. The van der Waals surface area contributed by atoms with Crippen LogP contribution in [0.4, 0.5) is 0 Å². The van der Waals surface area contributed by atoms with Crippen molar-refractivity contribution < 1.29 is 4.74 Å². The van der Waals surface area contributed by atoms with E-state index in [-0.39, 0.29) is 0 Å². The standard InChI is InChI=1S/C5H9Cl3O/c1-4(2,3)9-5(6,7)8/h1-3H3. The van der Waals surface area contributed by atoms with Gasteiger partial charge in [0.1, 0.15) is 0 Å². The van der Waals surface area contributed by atoms with Crippen molar-refractivity contribution in [2.24, 2.45) is 0 Å². The predicted molar refractivity (Wildman–Crippen MR) is 41.1 cm³/mol. The smallest absolute Gasteiger partial charge is 0.297 e. The van der Waals surface area contributed by atoms with Gasteiger partial charge in [-0.05, 0) is 20.8 Å². The third-order valence-electron chi connectivity index (χ3n) is 0.422. The fourth-order valence-corrected chi connectivity index (χ4v) is 1.04. The Bertz CT molecular complexity index is 77.4. The lowest BCUT2D eigenvalue weighted by Crippen LogP contribution is -2.26. The van der Waals surface area contributed by atoms with Crippen molar-refractivity contribution in [2.45, 2.75) is 30.4 Å². The minimum atomic E-state index is -1.60. The third kappa shape index (κ3) is 8.83. The molecule has 0 radical (unpaired) electrons. The van der Waals surface area contributed by atoms with Crippen LogP contribution in [0.2, 0.25) is 0 Å². The normalized spacial score (nSPS) is 14.0. The van der Waals surface area contributed by atoms with Gasteiger partial charge in [-0.3, -0.25) is 0 Å². The minimum Gasteiger partial charge on any atom is -0.329 e.